The van der Waals surface area contributed by atoms with E-state index in [1.807, 2.05) is 6.07 Å². The normalized spacial score (nSPS) is 11.0. The molecule has 0 aliphatic rings. The molecule has 0 atom stereocenters. The van der Waals surface area contributed by atoms with Crippen LogP contribution in [0.1, 0.15) is 48.9 Å². The summed E-state index contributed by atoms with van der Waals surface area (Å²) in [4.78, 5) is 10.6. The van der Waals surface area contributed by atoms with Crippen LogP contribution in [-0.2, 0) is 30.7 Å². The first kappa shape index (κ1) is 19.2. The van der Waals surface area contributed by atoms with Gasteiger partial charge in [0.15, 0.2) is 0 Å². The maximum absolute atomic E-state index is 10.6. The molecule has 2 rings (SSSR count). The van der Waals surface area contributed by atoms with Gasteiger partial charge in [-0.15, -0.1) is 0 Å². The van der Waals surface area contributed by atoms with Crippen LogP contribution in [0.15, 0.2) is 48.5 Å². The summed E-state index contributed by atoms with van der Waals surface area (Å²) in [5.74, 6) is -0.0380. The molecule has 134 valence electrons. The second kappa shape index (κ2) is 10.00. The van der Waals surface area contributed by atoms with Gasteiger partial charge < -0.3 is 10.4 Å². The summed E-state index contributed by atoms with van der Waals surface area (Å²) in [6.07, 6.45) is 2.87. The Hall–Kier alpha value is -2.13. The van der Waals surface area contributed by atoms with Crippen LogP contribution in [0.3, 0.4) is 0 Å². The first-order valence-corrected chi connectivity index (χ1v) is 9.11. The number of hydrogen-bond donors (Lipinski definition) is 2. The van der Waals surface area contributed by atoms with E-state index >= 15 is 0 Å². The van der Waals surface area contributed by atoms with Gasteiger partial charge in [0.25, 0.3) is 0 Å². The van der Waals surface area contributed by atoms with Crippen LogP contribution < -0.4 is 5.32 Å². The van der Waals surface area contributed by atoms with Crippen molar-refractivity contribution in [2.45, 2.75) is 52.6 Å². The molecule has 0 spiro atoms. The SMILES string of the molecule is CC(C)Cc1ccc(CNCc2cccc(CCCC(=O)O)c2)cc1. The Balaban J connectivity index is 1.78. The van der Waals surface area contributed by atoms with E-state index in [0.717, 1.165) is 25.9 Å². The summed E-state index contributed by atoms with van der Waals surface area (Å²) < 4.78 is 0. The second-order valence-electron chi connectivity index (χ2n) is 7.09. The van der Waals surface area contributed by atoms with E-state index in [1.165, 1.54) is 22.3 Å². The molecular formula is C22H29NO2. The fourth-order valence-electron chi connectivity index (χ4n) is 2.95. The highest BCUT2D eigenvalue weighted by molar-refractivity contribution is 5.66. The third-order valence-electron chi connectivity index (χ3n) is 4.17. The molecule has 3 nitrogen and oxygen atoms in total. The third kappa shape index (κ3) is 7.53. The van der Waals surface area contributed by atoms with Gasteiger partial charge in [-0.05, 0) is 47.4 Å². The van der Waals surface area contributed by atoms with Gasteiger partial charge in [0.05, 0.1) is 0 Å². The molecule has 0 aliphatic heterocycles. The number of carbonyl (C=O) groups is 1. The largest absolute Gasteiger partial charge is 0.481 e. The van der Waals surface area contributed by atoms with E-state index in [-0.39, 0.29) is 6.42 Å². The highest BCUT2D eigenvalue weighted by atomic mass is 16.4. The zero-order valence-corrected chi connectivity index (χ0v) is 15.3. The molecule has 0 aliphatic carbocycles. The lowest BCUT2D eigenvalue weighted by atomic mass is 10.0. The number of benzene rings is 2. The fourth-order valence-corrected chi connectivity index (χ4v) is 2.95. The lowest BCUT2D eigenvalue weighted by molar-refractivity contribution is -0.137. The standard InChI is InChI=1S/C22H29NO2/c1-17(2)13-19-9-11-20(12-10-19)15-23-16-21-7-3-5-18(14-21)6-4-8-22(24)25/h3,5,7,9-12,14,17,23H,4,6,8,13,15-16H2,1-2H3,(H,24,25). The summed E-state index contributed by atoms with van der Waals surface area (Å²) in [7, 11) is 0. The highest BCUT2D eigenvalue weighted by Gasteiger charge is 2.01. The Morgan fingerprint density at radius 1 is 0.960 bits per heavy atom. The van der Waals surface area contributed by atoms with Crippen molar-refractivity contribution in [3.05, 3.63) is 70.8 Å². The zero-order chi connectivity index (χ0) is 18.1. The van der Waals surface area contributed by atoms with E-state index < -0.39 is 5.97 Å². The Morgan fingerprint density at radius 3 is 2.28 bits per heavy atom. The Labute approximate surface area is 151 Å². The highest BCUT2D eigenvalue weighted by Crippen LogP contribution is 2.11. The van der Waals surface area contributed by atoms with Gasteiger partial charge >= 0.3 is 5.97 Å². The zero-order valence-electron chi connectivity index (χ0n) is 15.3. The maximum atomic E-state index is 10.6. The minimum absolute atomic E-state index is 0.231. The van der Waals surface area contributed by atoms with E-state index in [0.29, 0.717) is 12.3 Å². The average molecular weight is 339 g/mol. The van der Waals surface area contributed by atoms with Gasteiger partial charge in [-0.2, -0.15) is 0 Å². The maximum Gasteiger partial charge on any atom is 0.303 e. The fraction of sp³-hybridized carbons (Fsp3) is 0.409. The molecule has 0 saturated carbocycles. The predicted octanol–water partition coefficient (Wildman–Crippen LogP) is 4.58. The number of carboxylic acids is 1. The van der Waals surface area contributed by atoms with Crippen LogP contribution in [-0.4, -0.2) is 11.1 Å². The van der Waals surface area contributed by atoms with Crippen molar-refractivity contribution in [3.63, 3.8) is 0 Å². The van der Waals surface area contributed by atoms with E-state index in [1.54, 1.807) is 0 Å². The number of hydrogen-bond acceptors (Lipinski definition) is 2. The van der Waals surface area contributed by atoms with Gasteiger partial charge in [0.1, 0.15) is 0 Å². The predicted molar refractivity (Wildman–Crippen MR) is 103 cm³/mol. The number of aliphatic carboxylic acids is 1. The Morgan fingerprint density at radius 2 is 1.60 bits per heavy atom. The molecule has 0 unspecified atom stereocenters. The molecule has 0 aromatic heterocycles. The molecule has 2 aromatic rings. The summed E-state index contributed by atoms with van der Waals surface area (Å²) in [6, 6.07) is 17.2. The van der Waals surface area contributed by atoms with Gasteiger partial charge in [0, 0.05) is 19.5 Å². The van der Waals surface area contributed by atoms with Crippen LogP contribution >= 0.6 is 0 Å². The van der Waals surface area contributed by atoms with Crippen LogP contribution in [0.25, 0.3) is 0 Å². The van der Waals surface area contributed by atoms with E-state index in [4.69, 9.17) is 5.11 Å². The van der Waals surface area contributed by atoms with Crippen molar-refractivity contribution >= 4 is 5.97 Å². The quantitative estimate of drug-likeness (QED) is 0.666. The third-order valence-corrected chi connectivity index (χ3v) is 4.17. The minimum atomic E-state index is -0.725. The topological polar surface area (TPSA) is 49.3 Å². The second-order valence-corrected chi connectivity index (χ2v) is 7.09. The van der Waals surface area contributed by atoms with Crippen molar-refractivity contribution < 1.29 is 9.90 Å². The minimum Gasteiger partial charge on any atom is -0.481 e. The van der Waals surface area contributed by atoms with Crippen LogP contribution in [0.4, 0.5) is 0 Å². The Bertz CT molecular complexity index is 662. The van der Waals surface area contributed by atoms with Crippen molar-refractivity contribution in [2.75, 3.05) is 0 Å². The molecule has 0 bridgehead atoms. The first-order chi connectivity index (χ1) is 12.0. The molecule has 0 saturated heterocycles. The molecule has 0 amide bonds. The van der Waals surface area contributed by atoms with E-state index in [2.05, 4.69) is 61.6 Å². The van der Waals surface area contributed by atoms with Gasteiger partial charge in [-0.1, -0.05) is 62.4 Å². The van der Waals surface area contributed by atoms with Crippen molar-refractivity contribution in [1.29, 1.82) is 0 Å². The molecule has 0 fully saturated rings. The van der Waals surface area contributed by atoms with Crippen LogP contribution in [0.5, 0.6) is 0 Å². The number of nitrogens with one attached hydrogen (secondary N) is 1. The molecule has 3 heteroatoms. The molecule has 0 heterocycles. The summed E-state index contributed by atoms with van der Waals surface area (Å²) in [6.45, 7) is 6.15. The molecule has 0 radical (unpaired) electrons. The van der Waals surface area contributed by atoms with Gasteiger partial charge in [-0.25, -0.2) is 0 Å². The van der Waals surface area contributed by atoms with Crippen molar-refractivity contribution in [1.82, 2.24) is 5.32 Å². The number of carboxylic acid groups (broad SMARTS) is 1. The van der Waals surface area contributed by atoms with Crippen LogP contribution in [0.2, 0.25) is 0 Å². The smallest absolute Gasteiger partial charge is 0.303 e. The number of aryl methyl sites for hydroxylation is 1. The molecule has 2 N–H and O–H groups in total. The monoisotopic (exact) mass is 339 g/mol. The summed E-state index contributed by atoms with van der Waals surface area (Å²) in [5.41, 5.74) is 5.14. The van der Waals surface area contributed by atoms with Crippen LogP contribution in [0, 0.1) is 5.92 Å². The summed E-state index contributed by atoms with van der Waals surface area (Å²) in [5, 5.41) is 12.2. The molecule has 25 heavy (non-hydrogen) atoms. The van der Waals surface area contributed by atoms with Crippen molar-refractivity contribution in [2.24, 2.45) is 5.92 Å². The molecule has 2 aromatic carbocycles. The first-order valence-electron chi connectivity index (χ1n) is 9.11. The Kier molecular flexibility index (Phi) is 7.68. The average Bonchev–Trinajstić information content (AvgIpc) is 2.56. The summed E-state index contributed by atoms with van der Waals surface area (Å²) >= 11 is 0. The molecular weight excluding hydrogens is 310 g/mol. The van der Waals surface area contributed by atoms with E-state index in [9.17, 15) is 4.79 Å². The van der Waals surface area contributed by atoms with Gasteiger partial charge in [0.2, 0.25) is 0 Å². The lowest BCUT2D eigenvalue weighted by Crippen LogP contribution is -2.12. The van der Waals surface area contributed by atoms with Crippen molar-refractivity contribution in [3.8, 4) is 0 Å². The number of rotatable bonds is 10. The lowest BCUT2D eigenvalue weighted by Gasteiger charge is -2.09. The van der Waals surface area contributed by atoms with Gasteiger partial charge in [-0.3, -0.25) is 4.79 Å².